The van der Waals surface area contributed by atoms with Crippen molar-refractivity contribution in [3.8, 4) is 0 Å². The van der Waals surface area contributed by atoms with E-state index in [9.17, 15) is 9.59 Å². The van der Waals surface area contributed by atoms with Crippen molar-refractivity contribution in [1.82, 2.24) is 14.7 Å². The average molecular weight is 384 g/mol. The summed E-state index contributed by atoms with van der Waals surface area (Å²) in [6.45, 7) is 6.49. The first-order chi connectivity index (χ1) is 13.2. The van der Waals surface area contributed by atoms with Crippen molar-refractivity contribution in [1.29, 1.82) is 0 Å². The van der Waals surface area contributed by atoms with E-state index in [1.807, 2.05) is 58.2 Å². The van der Waals surface area contributed by atoms with Crippen molar-refractivity contribution in [2.75, 3.05) is 11.9 Å². The van der Waals surface area contributed by atoms with Crippen LogP contribution in [0.25, 0.3) is 0 Å². The van der Waals surface area contributed by atoms with Gasteiger partial charge in [-0.25, -0.2) is 4.79 Å². The molecule has 3 rings (SSSR count). The van der Waals surface area contributed by atoms with E-state index < -0.39 is 5.60 Å². The first kappa shape index (κ1) is 19.9. The number of benzene rings is 1. The molecule has 7 nitrogen and oxygen atoms in total. The van der Waals surface area contributed by atoms with Gasteiger partial charge in [-0.1, -0.05) is 30.3 Å². The van der Waals surface area contributed by atoms with Crippen LogP contribution < -0.4 is 5.32 Å². The standard InChI is InChI=1S/C21H28N4O3/c1-21(2,3)28-20(27)25-13-12-17-16(14-25)19(24(4)23-17)22-18(26)11-10-15-8-6-5-7-9-15/h5-9H,10-14H2,1-4H3,(H,22,26). The van der Waals surface area contributed by atoms with Crippen molar-refractivity contribution < 1.29 is 14.3 Å². The van der Waals surface area contributed by atoms with Gasteiger partial charge in [0.25, 0.3) is 0 Å². The van der Waals surface area contributed by atoms with E-state index in [-0.39, 0.29) is 12.0 Å². The molecule has 1 aromatic carbocycles. The Morgan fingerprint density at radius 1 is 1.21 bits per heavy atom. The van der Waals surface area contributed by atoms with Crippen LogP contribution in [0.5, 0.6) is 0 Å². The molecule has 1 aliphatic rings. The van der Waals surface area contributed by atoms with E-state index in [0.29, 0.717) is 38.2 Å². The fourth-order valence-electron chi connectivity index (χ4n) is 3.24. The topological polar surface area (TPSA) is 76.5 Å². The zero-order valence-electron chi connectivity index (χ0n) is 17.0. The summed E-state index contributed by atoms with van der Waals surface area (Å²) in [5, 5.41) is 7.49. The monoisotopic (exact) mass is 384 g/mol. The van der Waals surface area contributed by atoms with Crippen molar-refractivity contribution in [3.63, 3.8) is 0 Å². The van der Waals surface area contributed by atoms with Gasteiger partial charge in [0.2, 0.25) is 5.91 Å². The SMILES string of the molecule is Cn1nc2c(c1NC(=O)CCc1ccccc1)CN(C(=O)OC(C)(C)C)CC2. The number of fused-ring (bicyclic) bond motifs is 1. The lowest BCUT2D eigenvalue weighted by Crippen LogP contribution is -2.40. The number of aromatic nitrogens is 2. The predicted octanol–water partition coefficient (Wildman–Crippen LogP) is 3.28. The Bertz CT molecular complexity index is 853. The highest BCUT2D eigenvalue weighted by Gasteiger charge is 2.30. The maximum Gasteiger partial charge on any atom is 0.410 e. The number of ether oxygens (including phenoxy) is 1. The van der Waals surface area contributed by atoms with E-state index in [1.54, 1.807) is 9.58 Å². The molecule has 7 heteroatoms. The number of hydrogen-bond acceptors (Lipinski definition) is 4. The minimum Gasteiger partial charge on any atom is -0.444 e. The van der Waals surface area contributed by atoms with Gasteiger partial charge in [0.1, 0.15) is 11.4 Å². The molecule has 0 aliphatic carbocycles. The summed E-state index contributed by atoms with van der Waals surface area (Å²) >= 11 is 0. The number of carbonyl (C=O) groups is 2. The fraction of sp³-hybridized carbons (Fsp3) is 0.476. The third-order valence-electron chi connectivity index (χ3n) is 4.59. The van der Waals surface area contributed by atoms with Gasteiger partial charge in [0, 0.05) is 32.0 Å². The van der Waals surface area contributed by atoms with E-state index in [0.717, 1.165) is 16.8 Å². The van der Waals surface area contributed by atoms with Gasteiger partial charge in [-0.15, -0.1) is 0 Å². The van der Waals surface area contributed by atoms with Crippen LogP contribution in [0.4, 0.5) is 10.6 Å². The molecule has 0 bridgehead atoms. The largest absolute Gasteiger partial charge is 0.444 e. The van der Waals surface area contributed by atoms with E-state index >= 15 is 0 Å². The summed E-state index contributed by atoms with van der Waals surface area (Å²) in [6.07, 6.45) is 1.36. The number of hydrogen-bond donors (Lipinski definition) is 1. The second-order valence-corrected chi connectivity index (χ2v) is 8.08. The highest BCUT2D eigenvalue weighted by molar-refractivity contribution is 5.91. The van der Waals surface area contributed by atoms with Gasteiger partial charge < -0.3 is 15.0 Å². The lowest BCUT2D eigenvalue weighted by molar-refractivity contribution is -0.116. The first-order valence-corrected chi connectivity index (χ1v) is 9.59. The minimum absolute atomic E-state index is 0.0657. The molecule has 0 spiro atoms. The number of rotatable bonds is 4. The molecule has 2 aromatic rings. The number of aryl methyl sites for hydroxylation is 2. The van der Waals surface area contributed by atoms with Crippen LogP contribution in [-0.2, 0) is 36.0 Å². The van der Waals surface area contributed by atoms with E-state index in [2.05, 4.69) is 10.4 Å². The van der Waals surface area contributed by atoms with Crippen molar-refractivity contribution in [2.45, 2.75) is 52.2 Å². The Morgan fingerprint density at radius 3 is 2.61 bits per heavy atom. The van der Waals surface area contributed by atoms with Gasteiger partial charge in [-0.3, -0.25) is 9.48 Å². The van der Waals surface area contributed by atoms with Crippen LogP contribution in [0.3, 0.4) is 0 Å². The van der Waals surface area contributed by atoms with Crippen LogP contribution in [0.15, 0.2) is 30.3 Å². The van der Waals surface area contributed by atoms with E-state index in [4.69, 9.17) is 4.74 Å². The number of nitrogens with one attached hydrogen (secondary N) is 1. The summed E-state index contributed by atoms with van der Waals surface area (Å²) < 4.78 is 7.16. The maximum absolute atomic E-state index is 12.5. The molecule has 0 saturated heterocycles. The lowest BCUT2D eigenvalue weighted by atomic mass is 10.1. The quantitative estimate of drug-likeness (QED) is 0.878. The van der Waals surface area contributed by atoms with Crippen LogP contribution in [-0.4, -0.2) is 38.8 Å². The summed E-state index contributed by atoms with van der Waals surface area (Å²) in [5.41, 5.74) is 2.38. The molecule has 0 saturated carbocycles. The Balaban J connectivity index is 1.66. The zero-order chi connectivity index (χ0) is 20.3. The summed E-state index contributed by atoms with van der Waals surface area (Å²) in [4.78, 5) is 26.5. The van der Waals surface area contributed by atoms with Gasteiger partial charge in [0.15, 0.2) is 0 Å². The van der Waals surface area contributed by atoms with Crippen molar-refractivity contribution in [2.24, 2.45) is 7.05 Å². The van der Waals surface area contributed by atoms with Gasteiger partial charge in [0.05, 0.1) is 12.2 Å². The van der Waals surface area contributed by atoms with Gasteiger partial charge in [-0.05, 0) is 32.8 Å². The van der Waals surface area contributed by atoms with Gasteiger partial charge in [-0.2, -0.15) is 5.10 Å². The smallest absolute Gasteiger partial charge is 0.410 e. The molecule has 0 fully saturated rings. The Morgan fingerprint density at radius 2 is 1.93 bits per heavy atom. The van der Waals surface area contributed by atoms with Crippen LogP contribution in [0, 0.1) is 0 Å². The Labute approximate surface area is 165 Å². The second-order valence-electron chi connectivity index (χ2n) is 8.08. The highest BCUT2D eigenvalue weighted by Crippen LogP contribution is 2.27. The van der Waals surface area contributed by atoms with Crippen molar-refractivity contribution in [3.05, 3.63) is 47.2 Å². The summed E-state index contributed by atoms with van der Waals surface area (Å²) in [7, 11) is 1.81. The van der Waals surface area contributed by atoms with Crippen molar-refractivity contribution >= 4 is 17.8 Å². The molecule has 1 N–H and O–H groups in total. The lowest BCUT2D eigenvalue weighted by Gasteiger charge is -2.29. The molecular weight excluding hydrogens is 356 g/mol. The van der Waals surface area contributed by atoms with Gasteiger partial charge >= 0.3 is 6.09 Å². The molecule has 1 aliphatic heterocycles. The minimum atomic E-state index is -0.541. The van der Waals surface area contributed by atoms with Crippen LogP contribution in [0.2, 0.25) is 0 Å². The molecular formula is C21H28N4O3. The number of anilines is 1. The second kappa shape index (κ2) is 8.04. The van der Waals surface area contributed by atoms with Crippen LogP contribution >= 0.6 is 0 Å². The average Bonchev–Trinajstić information content (AvgIpc) is 2.94. The maximum atomic E-state index is 12.5. The summed E-state index contributed by atoms with van der Waals surface area (Å²) in [6, 6.07) is 9.92. The molecule has 0 radical (unpaired) electrons. The summed E-state index contributed by atoms with van der Waals surface area (Å²) in [5.74, 6) is 0.588. The molecule has 2 amide bonds. The Kier molecular flexibility index (Phi) is 5.72. The molecule has 150 valence electrons. The third-order valence-corrected chi connectivity index (χ3v) is 4.59. The normalized spacial score (nSPS) is 13.8. The molecule has 1 aromatic heterocycles. The number of amides is 2. The number of nitrogens with zero attached hydrogens (tertiary/aromatic N) is 3. The van der Waals surface area contributed by atoms with E-state index in [1.165, 1.54) is 0 Å². The molecule has 0 unspecified atom stereocenters. The molecule has 28 heavy (non-hydrogen) atoms. The first-order valence-electron chi connectivity index (χ1n) is 9.59. The predicted molar refractivity (Wildman–Crippen MR) is 107 cm³/mol. The third kappa shape index (κ3) is 4.91. The highest BCUT2D eigenvalue weighted by atomic mass is 16.6. The Hall–Kier alpha value is -2.83. The molecule has 2 heterocycles. The fourth-order valence-corrected chi connectivity index (χ4v) is 3.24. The van der Waals surface area contributed by atoms with Crippen LogP contribution in [0.1, 0.15) is 44.0 Å². The number of carbonyl (C=O) groups excluding carboxylic acids is 2. The zero-order valence-corrected chi connectivity index (χ0v) is 17.0. The molecule has 0 atom stereocenters.